The lowest BCUT2D eigenvalue weighted by molar-refractivity contribution is -0.142. The zero-order chi connectivity index (χ0) is 14.0. The third-order valence-electron chi connectivity index (χ3n) is 2.38. The molecule has 1 unspecified atom stereocenters. The Labute approximate surface area is 105 Å². The first-order valence-corrected chi connectivity index (χ1v) is 5.24. The van der Waals surface area contributed by atoms with Crippen LogP contribution in [-0.4, -0.2) is 26.0 Å². The van der Waals surface area contributed by atoms with Gasteiger partial charge in [-0.3, -0.25) is 9.67 Å². The number of nitrogens with zero attached hydrogens (tertiary/aromatic N) is 3. The van der Waals surface area contributed by atoms with Gasteiger partial charge in [-0.05, 0) is 12.1 Å². The molecule has 1 N–H and O–H groups in total. The molecule has 2 heterocycles. The van der Waals surface area contributed by atoms with E-state index in [1.807, 2.05) is 0 Å². The second-order valence-electron chi connectivity index (χ2n) is 3.85. The molecule has 0 aliphatic carbocycles. The maximum absolute atomic E-state index is 13.4. The maximum atomic E-state index is 13.4. The van der Waals surface area contributed by atoms with Crippen LogP contribution in [0.1, 0.15) is 17.4 Å². The molecule has 0 saturated heterocycles. The van der Waals surface area contributed by atoms with E-state index >= 15 is 0 Å². The fourth-order valence-corrected chi connectivity index (χ4v) is 1.56. The molecule has 8 heteroatoms. The van der Waals surface area contributed by atoms with Crippen molar-refractivity contribution in [1.82, 2.24) is 14.8 Å². The van der Waals surface area contributed by atoms with Gasteiger partial charge >= 0.3 is 6.18 Å². The minimum atomic E-state index is -4.41. The van der Waals surface area contributed by atoms with Crippen molar-refractivity contribution < 1.29 is 22.7 Å². The normalized spacial score (nSPS) is 13.5. The predicted molar refractivity (Wildman–Crippen MR) is 56.5 cm³/mol. The van der Waals surface area contributed by atoms with E-state index < -0.39 is 24.6 Å². The molecule has 102 valence electrons. The zero-order valence-corrected chi connectivity index (χ0v) is 9.47. The molecule has 0 saturated carbocycles. The lowest BCUT2D eigenvalue weighted by atomic mass is 10.1. The molecule has 2 aromatic rings. The molecule has 2 rings (SSSR count). The Morgan fingerprint density at radius 3 is 2.68 bits per heavy atom. The van der Waals surface area contributed by atoms with Gasteiger partial charge in [0.1, 0.15) is 18.5 Å². The summed E-state index contributed by atoms with van der Waals surface area (Å²) in [5, 5.41) is 13.4. The van der Waals surface area contributed by atoms with E-state index in [0.29, 0.717) is 4.68 Å². The second-order valence-corrected chi connectivity index (χ2v) is 3.85. The average Bonchev–Trinajstić information content (AvgIpc) is 2.75. The molecular formula is C11H9F4N3O. The monoisotopic (exact) mass is 275 g/mol. The fourth-order valence-electron chi connectivity index (χ4n) is 1.56. The Balaban J connectivity index is 2.21. The van der Waals surface area contributed by atoms with Crippen LogP contribution in [0.25, 0.3) is 0 Å². The molecule has 2 aromatic heterocycles. The van der Waals surface area contributed by atoms with E-state index in [9.17, 15) is 22.7 Å². The quantitative estimate of drug-likeness (QED) is 0.872. The van der Waals surface area contributed by atoms with Crippen molar-refractivity contribution in [2.75, 3.05) is 0 Å². The number of aliphatic hydroxyl groups is 1. The molecule has 0 aromatic carbocycles. The molecule has 4 nitrogen and oxygen atoms in total. The van der Waals surface area contributed by atoms with Gasteiger partial charge in [0.2, 0.25) is 0 Å². The van der Waals surface area contributed by atoms with Crippen molar-refractivity contribution in [2.45, 2.75) is 18.8 Å². The summed E-state index contributed by atoms with van der Waals surface area (Å²) in [7, 11) is 0. The lowest BCUT2D eigenvalue weighted by Crippen LogP contribution is -2.18. The van der Waals surface area contributed by atoms with Crippen LogP contribution in [-0.2, 0) is 6.54 Å². The van der Waals surface area contributed by atoms with Gasteiger partial charge in [0.15, 0.2) is 0 Å². The molecule has 0 spiro atoms. The summed E-state index contributed by atoms with van der Waals surface area (Å²) in [4.78, 5) is 3.51. The highest BCUT2D eigenvalue weighted by Crippen LogP contribution is 2.23. The Bertz CT molecular complexity index is 567. The summed E-state index contributed by atoms with van der Waals surface area (Å²) in [6.45, 7) is -1.27. The number of halogens is 4. The maximum Gasteiger partial charge on any atom is 0.408 e. The lowest BCUT2D eigenvalue weighted by Gasteiger charge is -2.09. The van der Waals surface area contributed by atoms with Crippen LogP contribution in [0, 0.1) is 5.82 Å². The van der Waals surface area contributed by atoms with Gasteiger partial charge in [0, 0.05) is 18.0 Å². The molecule has 19 heavy (non-hydrogen) atoms. The summed E-state index contributed by atoms with van der Waals surface area (Å²) in [5.74, 6) is -0.750. The first kappa shape index (κ1) is 13.5. The van der Waals surface area contributed by atoms with E-state index in [4.69, 9.17) is 0 Å². The molecule has 0 aliphatic rings. The van der Waals surface area contributed by atoms with E-state index in [0.717, 1.165) is 12.4 Å². The first-order valence-electron chi connectivity index (χ1n) is 5.24. The van der Waals surface area contributed by atoms with E-state index in [1.54, 1.807) is 0 Å². The van der Waals surface area contributed by atoms with Crippen molar-refractivity contribution in [3.05, 3.63) is 47.8 Å². The summed E-state index contributed by atoms with van der Waals surface area (Å²) < 4.78 is 50.4. The molecule has 1 atom stereocenters. The van der Waals surface area contributed by atoms with Crippen LogP contribution in [0.15, 0.2) is 30.7 Å². The summed E-state index contributed by atoms with van der Waals surface area (Å²) in [6, 6.07) is 2.44. The van der Waals surface area contributed by atoms with Crippen molar-refractivity contribution in [1.29, 1.82) is 0 Å². The van der Waals surface area contributed by atoms with Gasteiger partial charge in [-0.25, -0.2) is 4.39 Å². The summed E-state index contributed by atoms with van der Waals surface area (Å²) >= 11 is 0. The molecule has 0 fully saturated rings. The smallest absolute Gasteiger partial charge is 0.382 e. The van der Waals surface area contributed by atoms with Crippen LogP contribution < -0.4 is 0 Å². The zero-order valence-electron chi connectivity index (χ0n) is 9.47. The van der Waals surface area contributed by atoms with E-state index in [1.165, 1.54) is 18.3 Å². The highest BCUT2D eigenvalue weighted by Gasteiger charge is 2.29. The van der Waals surface area contributed by atoms with Crippen LogP contribution in [0.4, 0.5) is 17.6 Å². The van der Waals surface area contributed by atoms with Crippen LogP contribution >= 0.6 is 0 Å². The largest absolute Gasteiger partial charge is 0.408 e. The standard InChI is InChI=1S/C11H9F4N3O/c12-8-5-16-3-1-7(8)10(19)9-2-4-18(17-9)6-11(13,14)15/h1-5,10,19H,6H2. The fraction of sp³-hybridized carbons (Fsp3) is 0.273. The van der Waals surface area contributed by atoms with Gasteiger partial charge < -0.3 is 5.11 Å². The highest BCUT2D eigenvalue weighted by molar-refractivity contribution is 5.24. The summed E-state index contributed by atoms with van der Waals surface area (Å²) in [6.07, 6.45) is -2.58. The minimum absolute atomic E-state index is 0.0608. The number of aromatic nitrogens is 3. The highest BCUT2D eigenvalue weighted by atomic mass is 19.4. The number of pyridine rings is 1. The Morgan fingerprint density at radius 2 is 2.05 bits per heavy atom. The SMILES string of the molecule is OC(c1ccn(CC(F)(F)F)n1)c1ccncc1F. The van der Waals surface area contributed by atoms with Crippen LogP contribution in [0.2, 0.25) is 0 Å². The average molecular weight is 275 g/mol. The van der Waals surface area contributed by atoms with Crippen LogP contribution in [0.3, 0.4) is 0 Å². The topological polar surface area (TPSA) is 50.9 Å². The third-order valence-corrected chi connectivity index (χ3v) is 2.38. The van der Waals surface area contributed by atoms with Crippen LogP contribution in [0.5, 0.6) is 0 Å². The van der Waals surface area contributed by atoms with Gasteiger partial charge in [0.05, 0.1) is 11.9 Å². The number of hydrogen-bond donors (Lipinski definition) is 1. The second kappa shape index (κ2) is 4.96. The van der Waals surface area contributed by atoms with E-state index in [2.05, 4.69) is 10.1 Å². The third kappa shape index (κ3) is 3.28. The van der Waals surface area contributed by atoms with Gasteiger partial charge in [-0.15, -0.1) is 0 Å². The molecular weight excluding hydrogens is 266 g/mol. The van der Waals surface area contributed by atoms with Crippen molar-refractivity contribution in [3.8, 4) is 0 Å². The Kier molecular flexibility index (Phi) is 3.52. The number of aliphatic hydroxyl groups excluding tert-OH is 1. The summed E-state index contributed by atoms with van der Waals surface area (Å²) in [5.41, 5.74) is -0.151. The van der Waals surface area contributed by atoms with Crippen molar-refractivity contribution >= 4 is 0 Å². The van der Waals surface area contributed by atoms with E-state index in [-0.39, 0.29) is 11.3 Å². The van der Waals surface area contributed by atoms with Gasteiger partial charge in [-0.2, -0.15) is 18.3 Å². The molecule has 0 bridgehead atoms. The first-order chi connectivity index (χ1) is 8.87. The number of rotatable bonds is 3. The Morgan fingerprint density at radius 1 is 1.32 bits per heavy atom. The Hall–Kier alpha value is -1.96. The number of hydrogen-bond acceptors (Lipinski definition) is 3. The number of alkyl halides is 3. The predicted octanol–water partition coefficient (Wildman–Crippen LogP) is 2.06. The van der Waals surface area contributed by atoms with Crippen molar-refractivity contribution in [2.24, 2.45) is 0 Å². The molecule has 0 aliphatic heterocycles. The van der Waals surface area contributed by atoms with Gasteiger partial charge in [-0.1, -0.05) is 0 Å². The minimum Gasteiger partial charge on any atom is -0.382 e. The molecule has 0 amide bonds. The van der Waals surface area contributed by atoms with Crippen molar-refractivity contribution in [3.63, 3.8) is 0 Å². The molecule has 0 radical (unpaired) electrons. The van der Waals surface area contributed by atoms with Gasteiger partial charge in [0.25, 0.3) is 0 Å².